The molecule has 0 amide bonds. The van der Waals surface area contributed by atoms with E-state index in [-0.39, 0.29) is 12.2 Å². The maximum absolute atomic E-state index is 10.9. The summed E-state index contributed by atoms with van der Waals surface area (Å²) < 4.78 is 6.81. The molecular formula is C10H12N4O3. The number of nitrogens with two attached hydrogens (primary N) is 1. The summed E-state index contributed by atoms with van der Waals surface area (Å²) >= 11 is 0. The van der Waals surface area contributed by atoms with Crippen molar-refractivity contribution >= 4 is 5.97 Å². The molecule has 0 spiro atoms. The first-order valence-corrected chi connectivity index (χ1v) is 5.03. The number of aromatic nitrogens is 3. The topological polar surface area (TPSA) is 107 Å². The second-order valence-electron chi connectivity index (χ2n) is 3.56. The van der Waals surface area contributed by atoms with Crippen molar-refractivity contribution in [3.8, 4) is 0 Å². The summed E-state index contributed by atoms with van der Waals surface area (Å²) in [5.74, 6) is 0.333. The van der Waals surface area contributed by atoms with Gasteiger partial charge >= 0.3 is 5.97 Å². The molecule has 2 aromatic heterocycles. The van der Waals surface area contributed by atoms with Crippen LogP contribution < -0.4 is 5.73 Å². The Morgan fingerprint density at radius 3 is 2.88 bits per heavy atom. The standard InChI is InChI=1S/C10H12N4O3/c1-6-2-3-7(17-6)5-14-8(4-11)9(10(15)16)12-13-14/h2-3H,4-5,11H2,1H3,(H,15,16). The van der Waals surface area contributed by atoms with Crippen LogP contribution in [0.5, 0.6) is 0 Å². The molecule has 0 aliphatic heterocycles. The molecule has 0 saturated carbocycles. The average Bonchev–Trinajstić information content (AvgIpc) is 2.85. The lowest BCUT2D eigenvalue weighted by Gasteiger charge is -2.02. The molecule has 0 atom stereocenters. The lowest BCUT2D eigenvalue weighted by atomic mass is 10.3. The normalized spacial score (nSPS) is 10.7. The highest BCUT2D eigenvalue weighted by atomic mass is 16.4. The van der Waals surface area contributed by atoms with Crippen molar-refractivity contribution in [2.75, 3.05) is 0 Å². The van der Waals surface area contributed by atoms with Crippen molar-refractivity contribution in [3.05, 3.63) is 35.0 Å². The maximum atomic E-state index is 10.9. The summed E-state index contributed by atoms with van der Waals surface area (Å²) in [6.07, 6.45) is 0. The zero-order chi connectivity index (χ0) is 12.4. The van der Waals surface area contributed by atoms with Crippen molar-refractivity contribution in [1.29, 1.82) is 0 Å². The highest BCUT2D eigenvalue weighted by molar-refractivity contribution is 5.86. The van der Waals surface area contributed by atoms with Crippen molar-refractivity contribution in [3.63, 3.8) is 0 Å². The summed E-state index contributed by atoms with van der Waals surface area (Å²) in [6, 6.07) is 3.63. The van der Waals surface area contributed by atoms with E-state index in [1.807, 2.05) is 13.0 Å². The first kappa shape index (κ1) is 11.3. The number of carbonyl (C=O) groups is 1. The summed E-state index contributed by atoms with van der Waals surface area (Å²) in [5.41, 5.74) is 5.76. The fourth-order valence-electron chi connectivity index (χ4n) is 1.55. The van der Waals surface area contributed by atoms with E-state index in [0.29, 0.717) is 18.0 Å². The van der Waals surface area contributed by atoms with Crippen molar-refractivity contribution in [1.82, 2.24) is 15.0 Å². The number of nitrogens with zero attached hydrogens (tertiary/aromatic N) is 3. The van der Waals surface area contributed by atoms with E-state index < -0.39 is 5.97 Å². The molecule has 0 aliphatic rings. The van der Waals surface area contributed by atoms with E-state index in [9.17, 15) is 4.79 Å². The summed E-state index contributed by atoms with van der Waals surface area (Å²) in [5, 5.41) is 16.2. The Labute approximate surface area is 96.8 Å². The van der Waals surface area contributed by atoms with Gasteiger partial charge < -0.3 is 15.3 Å². The Morgan fingerprint density at radius 2 is 2.35 bits per heavy atom. The molecule has 7 nitrogen and oxygen atoms in total. The van der Waals surface area contributed by atoms with Gasteiger partial charge in [-0.15, -0.1) is 5.10 Å². The van der Waals surface area contributed by atoms with Crippen LogP contribution in [0.2, 0.25) is 0 Å². The molecule has 2 aromatic rings. The summed E-state index contributed by atoms with van der Waals surface area (Å²) in [7, 11) is 0. The van der Waals surface area contributed by atoms with Gasteiger partial charge in [0.15, 0.2) is 5.69 Å². The minimum Gasteiger partial charge on any atom is -0.476 e. The maximum Gasteiger partial charge on any atom is 0.358 e. The van der Waals surface area contributed by atoms with Crippen LogP contribution >= 0.6 is 0 Å². The van der Waals surface area contributed by atoms with E-state index in [2.05, 4.69) is 10.3 Å². The SMILES string of the molecule is Cc1ccc(Cn2nnc(C(=O)O)c2CN)o1. The number of aryl methyl sites for hydroxylation is 1. The number of hydrogen-bond donors (Lipinski definition) is 2. The number of carboxylic acids is 1. The van der Waals surface area contributed by atoms with E-state index in [1.54, 1.807) is 6.07 Å². The average molecular weight is 236 g/mol. The third kappa shape index (κ3) is 2.18. The number of aromatic carboxylic acids is 1. The fraction of sp³-hybridized carbons (Fsp3) is 0.300. The van der Waals surface area contributed by atoms with Gasteiger partial charge in [0, 0.05) is 6.54 Å². The summed E-state index contributed by atoms with van der Waals surface area (Å²) in [4.78, 5) is 10.9. The Hall–Kier alpha value is -2.15. The van der Waals surface area contributed by atoms with Gasteiger partial charge in [0.1, 0.15) is 18.1 Å². The van der Waals surface area contributed by atoms with Gasteiger partial charge in [0.2, 0.25) is 0 Å². The molecule has 0 radical (unpaired) electrons. The van der Waals surface area contributed by atoms with Gasteiger partial charge in [0.25, 0.3) is 0 Å². The van der Waals surface area contributed by atoms with Crippen LogP contribution in [0, 0.1) is 6.92 Å². The predicted octanol–water partition coefficient (Wildman–Crippen LogP) is 0.385. The van der Waals surface area contributed by atoms with Crippen molar-refractivity contribution in [2.24, 2.45) is 5.73 Å². The van der Waals surface area contributed by atoms with Crippen LogP contribution in [0.1, 0.15) is 27.7 Å². The smallest absolute Gasteiger partial charge is 0.358 e. The van der Waals surface area contributed by atoms with Gasteiger partial charge in [-0.05, 0) is 19.1 Å². The molecule has 7 heteroatoms. The van der Waals surface area contributed by atoms with Gasteiger partial charge in [0.05, 0.1) is 5.69 Å². The minimum atomic E-state index is -1.13. The predicted molar refractivity (Wildman–Crippen MR) is 57.4 cm³/mol. The third-order valence-electron chi connectivity index (χ3n) is 2.34. The molecule has 0 unspecified atom stereocenters. The molecule has 0 saturated heterocycles. The Morgan fingerprint density at radius 1 is 1.59 bits per heavy atom. The number of hydrogen-bond acceptors (Lipinski definition) is 5. The van der Waals surface area contributed by atoms with Crippen LogP contribution in [0.15, 0.2) is 16.5 Å². The van der Waals surface area contributed by atoms with Gasteiger partial charge in [-0.1, -0.05) is 5.21 Å². The van der Waals surface area contributed by atoms with E-state index in [0.717, 1.165) is 5.76 Å². The monoisotopic (exact) mass is 236 g/mol. The first-order valence-electron chi connectivity index (χ1n) is 5.03. The fourth-order valence-corrected chi connectivity index (χ4v) is 1.55. The van der Waals surface area contributed by atoms with E-state index >= 15 is 0 Å². The number of furan rings is 1. The molecule has 90 valence electrons. The van der Waals surface area contributed by atoms with E-state index in [1.165, 1.54) is 4.68 Å². The molecule has 2 heterocycles. The molecular weight excluding hydrogens is 224 g/mol. The summed E-state index contributed by atoms with van der Waals surface area (Å²) in [6.45, 7) is 2.21. The highest BCUT2D eigenvalue weighted by Crippen LogP contribution is 2.11. The zero-order valence-corrected chi connectivity index (χ0v) is 9.25. The molecule has 3 N–H and O–H groups in total. The van der Waals surface area contributed by atoms with Gasteiger partial charge in [-0.3, -0.25) is 0 Å². The molecule has 2 rings (SSSR count). The van der Waals surface area contributed by atoms with E-state index in [4.69, 9.17) is 15.3 Å². The Kier molecular flexibility index (Phi) is 2.92. The van der Waals surface area contributed by atoms with Crippen LogP contribution in [0.4, 0.5) is 0 Å². The van der Waals surface area contributed by atoms with Gasteiger partial charge in [-0.2, -0.15) is 0 Å². The van der Waals surface area contributed by atoms with Crippen molar-refractivity contribution in [2.45, 2.75) is 20.0 Å². The van der Waals surface area contributed by atoms with Crippen LogP contribution in [0.3, 0.4) is 0 Å². The molecule has 0 fully saturated rings. The third-order valence-corrected chi connectivity index (χ3v) is 2.34. The van der Waals surface area contributed by atoms with Crippen LogP contribution in [-0.2, 0) is 13.1 Å². The van der Waals surface area contributed by atoms with Gasteiger partial charge in [-0.25, -0.2) is 9.48 Å². The number of carboxylic acid groups (broad SMARTS) is 1. The Bertz CT molecular complexity index is 543. The molecule has 17 heavy (non-hydrogen) atoms. The quantitative estimate of drug-likeness (QED) is 0.794. The van der Waals surface area contributed by atoms with Crippen LogP contribution in [-0.4, -0.2) is 26.1 Å². The lowest BCUT2D eigenvalue weighted by molar-refractivity contribution is 0.0689. The zero-order valence-electron chi connectivity index (χ0n) is 9.25. The highest BCUT2D eigenvalue weighted by Gasteiger charge is 2.18. The minimum absolute atomic E-state index is 0.0638. The Balaban J connectivity index is 2.30. The molecule has 0 aliphatic carbocycles. The van der Waals surface area contributed by atoms with Crippen molar-refractivity contribution < 1.29 is 14.3 Å². The van der Waals surface area contributed by atoms with Crippen LogP contribution in [0.25, 0.3) is 0 Å². The lowest BCUT2D eigenvalue weighted by Crippen LogP contribution is -2.12. The number of rotatable bonds is 4. The molecule has 0 aromatic carbocycles. The second-order valence-corrected chi connectivity index (χ2v) is 3.56. The second kappa shape index (κ2) is 4.38. The first-order chi connectivity index (χ1) is 8.11. The molecule has 0 bridgehead atoms. The largest absolute Gasteiger partial charge is 0.476 e.